The first-order valence-corrected chi connectivity index (χ1v) is 11.2. The monoisotopic (exact) mass is 465 g/mol. The number of carbonyl (C=O) groups is 2. The van der Waals surface area contributed by atoms with Crippen LogP contribution < -0.4 is 10.2 Å². The van der Waals surface area contributed by atoms with Gasteiger partial charge < -0.3 is 24.4 Å². The normalized spacial score (nSPS) is 13.9. The molecule has 4 rings (SSSR count). The zero-order valence-electron chi connectivity index (χ0n) is 19.3. The zero-order chi connectivity index (χ0) is 24.1. The molecule has 34 heavy (non-hydrogen) atoms. The summed E-state index contributed by atoms with van der Waals surface area (Å²) in [5.74, 6) is -0.478. The molecule has 1 aliphatic heterocycles. The largest absolute Gasteiger partial charge is 0.443 e. The van der Waals surface area contributed by atoms with E-state index in [2.05, 4.69) is 15.2 Å². The van der Waals surface area contributed by atoms with Crippen molar-refractivity contribution < 1.29 is 18.4 Å². The number of nitrogens with zero attached hydrogens (tertiary/aromatic N) is 4. The van der Waals surface area contributed by atoms with E-state index in [0.717, 1.165) is 5.69 Å². The molecule has 0 spiro atoms. The van der Waals surface area contributed by atoms with Gasteiger partial charge >= 0.3 is 0 Å². The number of piperazine rings is 1. The summed E-state index contributed by atoms with van der Waals surface area (Å²) in [4.78, 5) is 36.1. The predicted molar refractivity (Wildman–Crippen MR) is 127 cm³/mol. The number of hydrogen-bond acceptors (Lipinski definition) is 6. The van der Waals surface area contributed by atoms with Crippen LogP contribution in [0.4, 0.5) is 10.1 Å². The van der Waals surface area contributed by atoms with Gasteiger partial charge in [-0.15, -0.1) is 0 Å². The Kier molecular flexibility index (Phi) is 7.22. The zero-order valence-corrected chi connectivity index (χ0v) is 19.3. The van der Waals surface area contributed by atoms with Crippen LogP contribution in [0.3, 0.4) is 0 Å². The second-order valence-corrected chi connectivity index (χ2v) is 8.39. The Morgan fingerprint density at radius 1 is 1.06 bits per heavy atom. The maximum absolute atomic E-state index is 13.4. The number of amides is 2. The molecule has 0 radical (unpaired) electrons. The third-order valence-electron chi connectivity index (χ3n) is 5.79. The lowest BCUT2D eigenvalue weighted by molar-refractivity contribution is 0.0747. The summed E-state index contributed by atoms with van der Waals surface area (Å²) in [6, 6.07) is 13.5. The van der Waals surface area contributed by atoms with Crippen LogP contribution in [0.5, 0.6) is 0 Å². The highest BCUT2D eigenvalue weighted by Gasteiger charge is 2.27. The van der Waals surface area contributed by atoms with Crippen molar-refractivity contribution in [1.82, 2.24) is 20.1 Å². The van der Waals surface area contributed by atoms with Crippen molar-refractivity contribution in [3.63, 3.8) is 0 Å². The van der Waals surface area contributed by atoms with E-state index >= 15 is 0 Å². The first-order chi connectivity index (χ1) is 16.4. The van der Waals surface area contributed by atoms with E-state index in [1.54, 1.807) is 41.3 Å². The van der Waals surface area contributed by atoms with Gasteiger partial charge in [-0.2, -0.15) is 0 Å². The van der Waals surface area contributed by atoms with Gasteiger partial charge in [-0.3, -0.25) is 9.59 Å². The molecule has 1 fully saturated rings. The first-order valence-electron chi connectivity index (χ1n) is 11.2. The summed E-state index contributed by atoms with van der Waals surface area (Å²) < 4.78 is 18.8. The topological polar surface area (TPSA) is 81.9 Å². The highest BCUT2D eigenvalue weighted by Crippen LogP contribution is 2.28. The van der Waals surface area contributed by atoms with Crippen LogP contribution in [0.1, 0.15) is 20.8 Å². The van der Waals surface area contributed by atoms with Crippen LogP contribution >= 0.6 is 0 Å². The number of oxazole rings is 1. The fourth-order valence-corrected chi connectivity index (χ4v) is 3.93. The molecule has 3 aromatic rings. The molecule has 1 saturated heterocycles. The summed E-state index contributed by atoms with van der Waals surface area (Å²) in [6.45, 7) is 3.50. The van der Waals surface area contributed by atoms with E-state index in [4.69, 9.17) is 4.42 Å². The Morgan fingerprint density at radius 2 is 1.76 bits per heavy atom. The van der Waals surface area contributed by atoms with Crippen LogP contribution in [0.2, 0.25) is 0 Å². The van der Waals surface area contributed by atoms with E-state index < -0.39 is 0 Å². The number of aromatic nitrogens is 1. The van der Waals surface area contributed by atoms with E-state index in [1.807, 2.05) is 19.0 Å². The molecule has 1 N–H and O–H groups in total. The van der Waals surface area contributed by atoms with Gasteiger partial charge in [0.15, 0.2) is 17.8 Å². The number of rotatable bonds is 7. The fraction of sp³-hybridized carbons (Fsp3) is 0.320. The van der Waals surface area contributed by atoms with Crippen molar-refractivity contribution in [3.05, 3.63) is 72.0 Å². The van der Waals surface area contributed by atoms with Crippen LogP contribution in [0, 0.1) is 5.82 Å². The lowest BCUT2D eigenvalue weighted by Gasteiger charge is -2.36. The van der Waals surface area contributed by atoms with Gasteiger partial charge in [0.05, 0.1) is 5.56 Å². The van der Waals surface area contributed by atoms with Crippen molar-refractivity contribution in [3.8, 4) is 11.3 Å². The molecular formula is C25H28FN5O3. The molecule has 1 aromatic heterocycles. The van der Waals surface area contributed by atoms with Crippen molar-refractivity contribution >= 4 is 17.5 Å². The van der Waals surface area contributed by atoms with Gasteiger partial charge in [0.2, 0.25) is 0 Å². The standard InChI is InChI=1S/C25H28FN5O3/c1-29(2)12-11-27-24(32)22-23(34-17-28-22)20-5-3-4-6-21(20)25(33)31-15-13-30(14-16-31)19-9-7-18(26)8-10-19/h3-10,17H,11-16H2,1-2H3,(H,27,32). The van der Waals surface area contributed by atoms with Gasteiger partial charge in [0.25, 0.3) is 11.8 Å². The van der Waals surface area contributed by atoms with Crippen LogP contribution in [-0.4, -0.2) is 80.0 Å². The molecule has 2 heterocycles. The molecule has 1 aliphatic rings. The molecular weight excluding hydrogens is 437 g/mol. The average Bonchev–Trinajstić information content (AvgIpc) is 3.34. The Hall–Kier alpha value is -3.72. The number of anilines is 1. The molecule has 2 amide bonds. The van der Waals surface area contributed by atoms with Crippen molar-refractivity contribution in [2.24, 2.45) is 0 Å². The molecule has 0 saturated carbocycles. The van der Waals surface area contributed by atoms with Crippen molar-refractivity contribution in [1.29, 1.82) is 0 Å². The molecule has 0 aliphatic carbocycles. The Balaban J connectivity index is 1.48. The predicted octanol–water partition coefficient (Wildman–Crippen LogP) is 2.73. The minimum absolute atomic E-state index is 0.135. The van der Waals surface area contributed by atoms with E-state index in [0.29, 0.717) is 50.4 Å². The molecule has 0 bridgehead atoms. The quantitative estimate of drug-likeness (QED) is 0.578. The smallest absolute Gasteiger partial charge is 0.273 e. The highest BCUT2D eigenvalue weighted by molar-refractivity contribution is 6.04. The molecule has 9 heteroatoms. The number of halogens is 1. The number of benzene rings is 2. The highest BCUT2D eigenvalue weighted by atomic mass is 19.1. The molecule has 0 unspecified atom stereocenters. The van der Waals surface area contributed by atoms with Gasteiger partial charge in [-0.1, -0.05) is 18.2 Å². The molecule has 0 atom stereocenters. The first kappa shape index (κ1) is 23.4. The Labute approximate surface area is 198 Å². The number of likely N-dealkylation sites (N-methyl/N-ethyl adjacent to an activating group) is 1. The minimum Gasteiger partial charge on any atom is -0.443 e. The molecule has 2 aromatic carbocycles. The fourth-order valence-electron chi connectivity index (χ4n) is 3.93. The third-order valence-corrected chi connectivity index (χ3v) is 5.79. The van der Waals surface area contributed by atoms with E-state index in [9.17, 15) is 14.0 Å². The van der Waals surface area contributed by atoms with Gasteiger partial charge in [-0.05, 0) is 44.4 Å². The SMILES string of the molecule is CN(C)CCNC(=O)c1ncoc1-c1ccccc1C(=O)N1CCN(c2ccc(F)cc2)CC1. The third kappa shape index (κ3) is 5.26. The summed E-state index contributed by atoms with van der Waals surface area (Å²) in [5.41, 5.74) is 2.07. The number of hydrogen-bond donors (Lipinski definition) is 1. The maximum Gasteiger partial charge on any atom is 0.273 e. The number of carbonyl (C=O) groups excluding carboxylic acids is 2. The van der Waals surface area contributed by atoms with Crippen LogP contribution in [0.25, 0.3) is 11.3 Å². The van der Waals surface area contributed by atoms with Crippen LogP contribution in [0.15, 0.2) is 59.3 Å². The Morgan fingerprint density at radius 3 is 2.47 bits per heavy atom. The Bertz CT molecular complexity index is 1140. The lowest BCUT2D eigenvalue weighted by Crippen LogP contribution is -2.48. The van der Waals surface area contributed by atoms with E-state index in [-0.39, 0.29) is 29.1 Å². The van der Waals surface area contributed by atoms with Gasteiger partial charge in [-0.25, -0.2) is 9.37 Å². The summed E-state index contributed by atoms with van der Waals surface area (Å²) in [6.07, 6.45) is 1.22. The minimum atomic E-state index is -0.347. The number of nitrogens with one attached hydrogen (secondary N) is 1. The summed E-state index contributed by atoms with van der Waals surface area (Å²) in [5, 5.41) is 2.84. The van der Waals surface area contributed by atoms with Gasteiger partial charge in [0.1, 0.15) is 5.82 Å². The van der Waals surface area contributed by atoms with Crippen LogP contribution in [-0.2, 0) is 0 Å². The van der Waals surface area contributed by atoms with Gasteiger partial charge in [0, 0.05) is 50.5 Å². The lowest BCUT2D eigenvalue weighted by atomic mass is 10.0. The molecule has 8 nitrogen and oxygen atoms in total. The second-order valence-electron chi connectivity index (χ2n) is 8.39. The second kappa shape index (κ2) is 10.5. The molecule has 178 valence electrons. The van der Waals surface area contributed by atoms with E-state index in [1.165, 1.54) is 18.5 Å². The summed E-state index contributed by atoms with van der Waals surface area (Å²) in [7, 11) is 3.85. The summed E-state index contributed by atoms with van der Waals surface area (Å²) >= 11 is 0. The maximum atomic E-state index is 13.4. The van der Waals surface area contributed by atoms with Crippen molar-refractivity contribution in [2.75, 3.05) is 58.3 Å². The van der Waals surface area contributed by atoms with Crippen molar-refractivity contribution in [2.45, 2.75) is 0 Å². The average molecular weight is 466 g/mol.